The fraction of sp³-hybridized carbons (Fsp3) is 0.0667. The number of rotatable bonds is 2. The highest BCUT2D eigenvalue weighted by Gasteiger charge is 2.14. The molecule has 3 rings (SSSR count). The van der Waals surface area contributed by atoms with E-state index in [2.05, 4.69) is 15.4 Å². The molecule has 108 valence electrons. The Hall–Kier alpha value is -2.91. The summed E-state index contributed by atoms with van der Waals surface area (Å²) in [5.41, 5.74) is 1.14. The molecule has 1 aromatic carbocycles. The van der Waals surface area contributed by atoms with Gasteiger partial charge in [0.05, 0.1) is 5.52 Å². The van der Waals surface area contributed by atoms with Crippen molar-refractivity contribution in [2.24, 2.45) is 7.05 Å². The zero-order valence-corrected chi connectivity index (χ0v) is 12.3. The van der Waals surface area contributed by atoms with Gasteiger partial charge in [-0.1, -0.05) is 23.7 Å². The molecule has 0 bridgehead atoms. The molecule has 0 atom stereocenters. The van der Waals surface area contributed by atoms with Gasteiger partial charge in [-0.3, -0.25) is 9.48 Å². The van der Waals surface area contributed by atoms with Crippen LogP contribution in [0.2, 0.25) is 5.02 Å². The number of anilines is 1. The largest absolute Gasteiger partial charge is 0.303 e. The fourth-order valence-electron chi connectivity index (χ4n) is 2.05. The number of amides is 1. The van der Waals surface area contributed by atoms with Crippen molar-refractivity contribution in [3.63, 3.8) is 0 Å². The molecule has 2 heterocycles. The van der Waals surface area contributed by atoms with Crippen LogP contribution in [0.15, 0.2) is 36.5 Å². The van der Waals surface area contributed by atoms with E-state index in [0.29, 0.717) is 16.1 Å². The van der Waals surface area contributed by atoms with Crippen LogP contribution in [0, 0.1) is 11.3 Å². The van der Waals surface area contributed by atoms with E-state index in [1.807, 2.05) is 12.1 Å². The SMILES string of the molecule is Cn1cc(C#N)c(NC(=O)c2ccc3ccc(Cl)cc3n2)n1. The van der Waals surface area contributed by atoms with Crippen LogP contribution in [-0.4, -0.2) is 20.7 Å². The summed E-state index contributed by atoms with van der Waals surface area (Å²) >= 11 is 5.93. The van der Waals surface area contributed by atoms with Crippen LogP contribution < -0.4 is 5.32 Å². The van der Waals surface area contributed by atoms with Gasteiger partial charge in [0.15, 0.2) is 5.82 Å². The number of aromatic nitrogens is 3. The van der Waals surface area contributed by atoms with Gasteiger partial charge in [0, 0.05) is 23.7 Å². The average Bonchev–Trinajstić information content (AvgIpc) is 2.86. The van der Waals surface area contributed by atoms with E-state index in [9.17, 15) is 4.79 Å². The molecule has 2 aromatic heterocycles. The summed E-state index contributed by atoms with van der Waals surface area (Å²) in [6.07, 6.45) is 1.53. The molecular formula is C15H10ClN5O. The van der Waals surface area contributed by atoms with Crippen molar-refractivity contribution in [1.82, 2.24) is 14.8 Å². The molecule has 3 aromatic rings. The molecule has 0 fully saturated rings. The average molecular weight is 312 g/mol. The van der Waals surface area contributed by atoms with Crippen LogP contribution in [0.1, 0.15) is 16.1 Å². The van der Waals surface area contributed by atoms with Crippen molar-refractivity contribution < 1.29 is 4.79 Å². The second-order valence-electron chi connectivity index (χ2n) is 4.66. The van der Waals surface area contributed by atoms with Crippen molar-refractivity contribution >= 4 is 34.2 Å². The number of carbonyl (C=O) groups excluding carboxylic acids is 1. The van der Waals surface area contributed by atoms with Gasteiger partial charge in [-0.2, -0.15) is 10.4 Å². The first-order valence-corrected chi connectivity index (χ1v) is 6.76. The molecule has 0 radical (unpaired) electrons. The van der Waals surface area contributed by atoms with Gasteiger partial charge in [0.2, 0.25) is 0 Å². The summed E-state index contributed by atoms with van der Waals surface area (Å²) in [7, 11) is 1.67. The predicted octanol–water partition coefficient (Wildman–Crippen LogP) is 2.75. The van der Waals surface area contributed by atoms with Gasteiger partial charge < -0.3 is 5.32 Å². The second-order valence-corrected chi connectivity index (χ2v) is 5.10. The van der Waals surface area contributed by atoms with Gasteiger partial charge >= 0.3 is 0 Å². The third kappa shape index (κ3) is 2.62. The highest BCUT2D eigenvalue weighted by Crippen LogP contribution is 2.19. The Morgan fingerprint density at radius 3 is 2.91 bits per heavy atom. The summed E-state index contributed by atoms with van der Waals surface area (Å²) < 4.78 is 1.46. The van der Waals surface area contributed by atoms with Crippen molar-refractivity contribution in [3.05, 3.63) is 52.8 Å². The quantitative estimate of drug-likeness (QED) is 0.788. The Morgan fingerprint density at radius 2 is 2.14 bits per heavy atom. The van der Waals surface area contributed by atoms with Crippen LogP contribution in [0.4, 0.5) is 5.82 Å². The summed E-state index contributed by atoms with van der Waals surface area (Å²) in [5, 5.41) is 17.1. The van der Waals surface area contributed by atoms with E-state index >= 15 is 0 Å². The van der Waals surface area contributed by atoms with Crippen LogP contribution in [-0.2, 0) is 7.05 Å². The smallest absolute Gasteiger partial charge is 0.275 e. The first-order valence-electron chi connectivity index (χ1n) is 6.38. The van der Waals surface area contributed by atoms with E-state index in [1.165, 1.54) is 10.9 Å². The molecule has 0 aliphatic heterocycles. The first kappa shape index (κ1) is 14.0. The van der Waals surface area contributed by atoms with Crippen molar-refractivity contribution in [2.75, 3.05) is 5.32 Å². The monoisotopic (exact) mass is 311 g/mol. The van der Waals surface area contributed by atoms with Gasteiger partial charge in [-0.25, -0.2) is 4.98 Å². The van der Waals surface area contributed by atoms with E-state index in [-0.39, 0.29) is 11.5 Å². The number of nitrogens with zero attached hydrogens (tertiary/aromatic N) is 4. The summed E-state index contributed by atoms with van der Waals surface area (Å²) in [6.45, 7) is 0. The third-order valence-electron chi connectivity index (χ3n) is 3.07. The van der Waals surface area contributed by atoms with Crippen LogP contribution in [0.25, 0.3) is 10.9 Å². The Kier molecular flexibility index (Phi) is 3.49. The third-order valence-corrected chi connectivity index (χ3v) is 3.30. The maximum atomic E-state index is 12.3. The van der Waals surface area contributed by atoms with Crippen molar-refractivity contribution in [3.8, 4) is 6.07 Å². The Bertz CT molecular complexity index is 925. The number of halogens is 1. The predicted molar refractivity (Wildman–Crippen MR) is 82.6 cm³/mol. The van der Waals surface area contributed by atoms with Crippen molar-refractivity contribution in [2.45, 2.75) is 0 Å². The molecule has 0 aliphatic carbocycles. The normalized spacial score (nSPS) is 10.4. The lowest BCUT2D eigenvalue weighted by molar-refractivity contribution is 0.102. The van der Waals surface area contributed by atoms with Crippen LogP contribution in [0.3, 0.4) is 0 Å². The lowest BCUT2D eigenvalue weighted by Gasteiger charge is -2.04. The van der Waals surface area contributed by atoms with E-state index in [4.69, 9.17) is 16.9 Å². The minimum Gasteiger partial charge on any atom is -0.303 e. The highest BCUT2D eigenvalue weighted by atomic mass is 35.5. The van der Waals surface area contributed by atoms with Gasteiger partial charge in [0.1, 0.15) is 17.3 Å². The summed E-state index contributed by atoms with van der Waals surface area (Å²) in [6, 6.07) is 10.7. The van der Waals surface area contributed by atoms with E-state index in [0.717, 1.165) is 5.39 Å². The number of hydrogen-bond donors (Lipinski definition) is 1. The molecular weight excluding hydrogens is 302 g/mol. The van der Waals surface area contributed by atoms with Gasteiger partial charge in [0.25, 0.3) is 5.91 Å². The summed E-state index contributed by atoms with van der Waals surface area (Å²) in [5.74, 6) is -0.222. The standard InChI is InChI=1S/C15H10ClN5O/c1-21-8-10(7-17)14(20-21)19-15(22)12-5-3-9-2-4-11(16)6-13(9)18-12/h2-6,8H,1H3,(H,19,20,22). The van der Waals surface area contributed by atoms with Gasteiger partial charge in [-0.15, -0.1) is 0 Å². The number of fused-ring (bicyclic) bond motifs is 1. The molecule has 0 unspecified atom stereocenters. The fourth-order valence-corrected chi connectivity index (χ4v) is 2.22. The number of pyridine rings is 1. The topological polar surface area (TPSA) is 83.6 Å². The molecule has 0 aliphatic rings. The van der Waals surface area contributed by atoms with Gasteiger partial charge in [-0.05, 0) is 18.2 Å². The molecule has 7 heteroatoms. The zero-order valence-electron chi connectivity index (χ0n) is 11.5. The minimum atomic E-state index is -0.433. The van der Waals surface area contributed by atoms with Crippen LogP contribution >= 0.6 is 11.6 Å². The number of nitrogens with one attached hydrogen (secondary N) is 1. The number of benzene rings is 1. The minimum absolute atomic E-state index is 0.211. The number of hydrogen-bond acceptors (Lipinski definition) is 4. The maximum absolute atomic E-state index is 12.3. The molecule has 0 saturated carbocycles. The van der Waals surface area contributed by atoms with Crippen molar-refractivity contribution in [1.29, 1.82) is 5.26 Å². The Labute approximate surface area is 130 Å². The lowest BCUT2D eigenvalue weighted by atomic mass is 10.2. The molecule has 1 N–H and O–H groups in total. The second kappa shape index (κ2) is 5.47. The molecule has 0 spiro atoms. The van der Waals surface area contributed by atoms with Crippen LogP contribution in [0.5, 0.6) is 0 Å². The number of carbonyl (C=O) groups is 1. The molecule has 6 nitrogen and oxygen atoms in total. The molecule has 0 saturated heterocycles. The summed E-state index contributed by atoms with van der Waals surface area (Å²) in [4.78, 5) is 16.5. The molecule has 1 amide bonds. The first-order chi connectivity index (χ1) is 10.6. The number of aryl methyl sites for hydroxylation is 1. The maximum Gasteiger partial charge on any atom is 0.275 e. The zero-order chi connectivity index (χ0) is 15.7. The molecule has 22 heavy (non-hydrogen) atoms. The van der Waals surface area contributed by atoms with E-state index < -0.39 is 5.91 Å². The lowest BCUT2D eigenvalue weighted by Crippen LogP contribution is -2.15. The number of nitriles is 1. The Morgan fingerprint density at radius 1 is 1.36 bits per heavy atom. The van der Waals surface area contributed by atoms with E-state index in [1.54, 1.807) is 31.3 Å². The Balaban J connectivity index is 1.93. The highest BCUT2D eigenvalue weighted by molar-refractivity contribution is 6.31.